The molecule has 0 aliphatic carbocycles. The maximum atomic E-state index is 12.2. The largest absolute Gasteiger partial charge is 0.486 e. The SMILES string of the molecule is CC(CC(F)(F)F)NCc1cccc2c1OCCO2. The number of halogens is 3. The average Bonchev–Trinajstić information content (AvgIpc) is 2.34. The molecule has 19 heavy (non-hydrogen) atoms. The van der Waals surface area contributed by atoms with Crippen LogP contribution in [0.25, 0.3) is 0 Å². The number of rotatable bonds is 4. The van der Waals surface area contributed by atoms with Crippen LogP contribution in [0.2, 0.25) is 0 Å². The molecule has 0 radical (unpaired) electrons. The van der Waals surface area contributed by atoms with E-state index in [1.165, 1.54) is 6.92 Å². The molecule has 0 bridgehead atoms. The van der Waals surface area contributed by atoms with Gasteiger partial charge in [-0.3, -0.25) is 0 Å². The first-order valence-corrected chi connectivity index (χ1v) is 6.13. The van der Waals surface area contributed by atoms with Gasteiger partial charge in [0.25, 0.3) is 0 Å². The lowest BCUT2D eigenvalue weighted by Gasteiger charge is -2.22. The molecule has 0 saturated heterocycles. The van der Waals surface area contributed by atoms with E-state index in [0.29, 0.717) is 31.3 Å². The zero-order valence-corrected chi connectivity index (χ0v) is 10.6. The van der Waals surface area contributed by atoms with E-state index in [2.05, 4.69) is 5.32 Å². The molecular formula is C13H16F3NO2. The third kappa shape index (κ3) is 4.02. The average molecular weight is 275 g/mol. The van der Waals surface area contributed by atoms with Gasteiger partial charge in [0.15, 0.2) is 11.5 Å². The van der Waals surface area contributed by atoms with E-state index in [1.807, 2.05) is 6.07 Å². The van der Waals surface area contributed by atoms with Crippen LogP contribution in [-0.2, 0) is 6.54 Å². The van der Waals surface area contributed by atoms with E-state index in [-0.39, 0.29) is 0 Å². The van der Waals surface area contributed by atoms with E-state index < -0.39 is 18.6 Å². The van der Waals surface area contributed by atoms with Crippen LogP contribution < -0.4 is 14.8 Å². The summed E-state index contributed by atoms with van der Waals surface area (Å²) in [6.07, 6.45) is -5.00. The topological polar surface area (TPSA) is 30.5 Å². The van der Waals surface area contributed by atoms with Crippen LogP contribution in [0.3, 0.4) is 0 Å². The Hall–Kier alpha value is -1.43. The summed E-state index contributed by atoms with van der Waals surface area (Å²) in [7, 11) is 0. The van der Waals surface area contributed by atoms with Gasteiger partial charge in [-0.05, 0) is 13.0 Å². The third-order valence-corrected chi connectivity index (χ3v) is 2.83. The van der Waals surface area contributed by atoms with Crippen molar-refractivity contribution < 1.29 is 22.6 Å². The summed E-state index contributed by atoms with van der Waals surface area (Å²) in [5.74, 6) is 1.27. The van der Waals surface area contributed by atoms with Crippen LogP contribution in [0.4, 0.5) is 13.2 Å². The van der Waals surface area contributed by atoms with Gasteiger partial charge >= 0.3 is 6.18 Å². The highest BCUT2D eigenvalue weighted by Crippen LogP contribution is 2.33. The Kier molecular flexibility index (Phi) is 4.19. The maximum absolute atomic E-state index is 12.2. The molecule has 1 aliphatic heterocycles. The number of hydrogen-bond acceptors (Lipinski definition) is 3. The Morgan fingerprint density at radius 2 is 2.00 bits per heavy atom. The quantitative estimate of drug-likeness (QED) is 0.916. The van der Waals surface area contributed by atoms with Crippen molar-refractivity contribution in [2.45, 2.75) is 32.1 Å². The molecule has 2 rings (SSSR count). The van der Waals surface area contributed by atoms with Crippen molar-refractivity contribution in [3.05, 3.63) is 23.8 Å². The zero-order chi connectivity index (χ0) is 13.9. The van der Waals surface area contributed by atoms with E-state index in [9.17, 15) is 13.2 Å². The van der Waals surface area contributed by atoms with Gasteiger partial charge in [0, 0.05) is 18.2 Å². The highest BCUT2D eigenvalue weighted by Gasteiger charge is 2.29. The Bertz CT molecular complexity index is 434. The summed E-state index contributed by atoms with van der Waals surface area (Å²) in [5, 5.41) is 2.85. The Balaban J connectivity index is 1.96. The molecule has 106 valence electrons. The molecule has 0 fully saturated rings. The normalized spacial score (nSPS) is 16.2. The highest BCUT2D eigenvalue weighted by atomic mass is 19.4. The number of ether oxygens (including phenoxy) is 2. The van der Waals surface area contributed by atoms with E-state index in [4.69, 9.17) is 9.47 Å². The monoisotopic (exact) mass is 275 g/mol. The number of nitrogens with one attached hydrogen (secondary N) is 1. The van der Waals surface area contributed by atoms with Crippen molar-refractivity contribution in [1.82, 2.24) is 5.32 Å². The van der Waals surface area contributed by atoms with Crippen molar-refractivity contribution in [2.75, 3.05) is 13.2 Å². The Labute approximate surface area is 109 Å². The molecule has 1 N–H and O–H groups in total. The van der Waals surface area contributed by atoms with E-state index in [0.717, 1.165) is 5.56 Å². The van der Waals surface area contributed by atoms with Crippen molar-refractivity contribution in [1.29, 1.82) is 0 Å². The van der Waals surface area contributed by atoms with Gasteiger partial charge in [-0.15, -0.1) is 0 Å². The van der Waals surface area contributed by atoms with Gasteiger partial charge in [-0.1, -0.05) is 12.1 Å². The molecule has 6 heteroatoms. The number of fused-ring (bicyclic) bond motifs is 1. The highest BCUT2D eigenvalue weighted by molar-refractivity contribution is 5.47. The standard InChI is InChI=1S/C13H16F3NO2/c1-9(7-13(14,15)16)17-8-10-3-2-4-11-12(10)19-6-5-18-11/h2-4,9,17H,5-8H2,1H3. The second kappa shape index (κ2) is 5.69. The van der Waals surface area contributed by atoms with Crippen LogP contribution in [0, 0.1) is 0 Å². The second-order valence-corrected chi connectivity index (χ2v) is 4.54. The van der Waals surface area contributed by atoms with Crippen molar-refractivity contribution >= 4 is 0 Å². The number of para-hydroxylation sites is 1. The van der Waals surface area contributed by atoms with Gasteiger partial charge in [-0.2, -0.15) is 13.2 Å². The molecule has 0 saturated carbocycles. The van der Waals surface area contributed by atoms with Crippen LogP contribution in [0.5, 0.6) is 11.5 Å². The maximum Gasteiger partial charge on any atom is 0.390 e. The molecule has 1 aromatic rings. The van der Waals surface area contributed by atoms with Gasteiger partial charge in [0.2, 0.25) is 0 Å². The third-order valence-electron chi connectivity index (χ3n) is 2.83. The molecule has 1 heterocycles. The summed E-state index contributed by atoms with van der Waals surface area (Å²) < 4.78 is 47.6. The molecule has 0 spiro atoms. The summed E-state index contributed by atoms with van der Waals surface area (Å²) >= 11 is 0. The molecule has 1 atom stereocenters. The van der Waals surface area contributed by atoms with Crippen molar-refractivity contribution in [3.63, 3.8) is 0 Å². The molecule has 0 aromatic heterocycles. The first kappa shape index (κ1) is 14.0. The van der Waals surface area contributed by atoms with Crippen molar-refractivity contribution in [3.8, 4) is 11.5 Å². The Morgan fingerprint density at radius 3 is 2.74 bits per heavy atom. The smallest absolute Gasteiger partial charge is 0.390 e. The minimum Gasteiger partial charge on any atom is -0.486 e. The lowest BCUT2D eigenvalue weighted by Crippen LogP contribution is -2.31. The van der Waals surface area contributed by atoms with Gasteiger partial charge in [-0.25, -0.2) is 0 Å². The fourth-order valence-corrected chi connectivity index (χ4v) is 1.98. The lowest BCUT2D eigenvalue weighted by molar-refractivity contribution is -0.139. The van der Waals surface area contributed by atoms with Gasteiger partial charge in [0.05, 0.1) is 6.42 Å². The first-order valence-electron chi connectivity index (χ1n) is 6.13. The fourth-order valence-electron chi connectivity index (χ4n) is 1.98. The molecular weight excluding hydrogens is 259 g/mol. The van der Waals surface area contributed by atoms with Crippen LogP contribution in [0.15, 0.2) is 18.2 Å². The van der Waals surface area contributed by atoms with Gasteiger partial charge < -0.3 is 14.8 Å². The summed E-state index contributed by atoms with van der Waals surface area (Å²) in [4.78, 5) is 0. The van der Waals surface area contributed by atoms with Crippen LogP contribution in [0.1, 0.15) is 18.9 Å². The molecule has 0 amide bonds. The predicted octanol–water partition coefficient (Wildman–Crippen LogP) is 2.89. The number of hydrogen-bond donors (Lipinski definition) is 1. The number of alkyl halides is 3. The minimum absolute atomic E-state index is 0.323. The summed E-state index contributed by atoms with van der Waals surface area (Å²) in [5.41, 5.74) is 0.811. The molecule has 1 aromatic carbocycles. The number of benzene rings is 1. The molecule has 1 unspecified atom stereocenters. The second-order valence-electron chi connectivity index (χ2n) is 4.54. The van der Waals surface area contributed by atoms with E-state index in [1.54, 1.807) is 12.1 Å². The summed E-state index contributed by atoms with van der Waals surface area (Å²) in [6, 6.07) is 4.78. The first-order chi connectivity index (χ1) is 8.96. The molecule has 1 aliphatic rings. The zero-order valence-electron chi connectivity index (χ0n) is 10.6. The fraction of sp³-hybridized carbons (Fsp3) is 0.538. The molecule has 3 nitrogen and oxygen atoms in total. The summed E-state index contributed by atoms with van der Waals surface area (Å²) in [6.45, 7) is 2.79. The predicted molar refractivity (Wildman–Crippen MR) is 64.4 cm³/mol. The van der Waals surface area contributed by atoms with E-state index >= 15 is 0 Å². The van der Waals surface area contributed by atoms with Crippen LogP contribution in [-0.4, -0.2) is 25.4 Å². The lowest BCUT2D eigenvalue weighted by atomic mass is 10.1. The minimum atomic E-state index is -4.15. The van der Waals surface area contributed by atoms with Gasteiger partial charge in [0.1, 0.15) is 13.2 Å². The van der Waals surface area contributed by atoms with Crippen molar-refractivity contribution in [2.24, 2.45) is 0 Å². The Morgan fingerprint density at radius 1 is 1.26 bits per heavy atom. The van der Waals surface area contributed by atoms with Crippen LogP contribution >= 0.6 is 0 Å².